The summed E-state index contributed by atoms with van der Waals surface area (Å²) < 4.78 is 11.5. The van der Waals surface area contributed by atoms with E-state index < -0.39 is 5.60 Å². The van der Waals surface area contributed by atoms with Crippen molar-refractivity contribution in [2.24, 2.45) is 0 Å². The first kappa shape index (κ1) is 18.5. The van der Waals surface area contributed by atoms with Gasteiger partial charge in [-0.25, -0.2) is 0 Å². The molecule has 2 heterocycles. The predicted molar refractivity (Wildman–Crippen MR) is 102 cm³/mol. The van der Waals surface area contributed by atoms with Crippen LogP contribution < -0.4 is 4.74 Å². The molecule has 1 aromatic heterocycles. The Labute approximate surface area is 164 Å². The lowest BCUT2D eigenvalue weighted by atomic mass is 9.81. The van der Waals surface area contributed by atoms with Crippen LogP contribution in [0.1, 0.15) is 48.7 Å². The molecule has 1 fully saturated rings. The van der Waals surface area contributed by atoms with Gasteiger partial charge in [0.15, 0.2) is 0 Å². The molecule has 2 aliphatic rings. The third-order valence-corrected chi connectivity index (χ3v) is 5.97. The molecule has 148 valence electrons. The normalized spacial score (nSPS) is 24.2. The number of fused-ring (bicyclic) bond motifs is 1. The Balaban J connectivity index is 1.50. The fourth-order valence-corrected chi connectivity index (χ4v) is 4.27. The summed E-state index contributed by atoms with van der Waals surface area (Å²) in [5.41, 5.74) is 0.625. The van der Waals surface area contributed by atoms with Crippen LogP contribution in [0.2, 0.25) is 0 Å². The molecule has 28 heavy (non-hydrogen) atoms. The number of ether oxygens (including phenoxy) is 1. The van der Waals surface area contributed by atoms with Crippen molar-refractivity contribution in [3.8, 4) is 5.75 Å². The van der Waals surface area contributed by atoms with E-state index in [9.17, 15) is 9.59 Å². The summed E-state index contributed by atoms with van der Waals surface area (Å²) >= 11 is 0. The summed E-state index contributed by atoms with van der Waals surface area (Å²) in [5.74, 6) is 1.01. The Bertz CT molecular complexity index is 856. The summed E-state index contributed by atoms with van der Waals surface area (Å²) in [7, 11) is 1.80. The Kier molecular flexibility index (Phi) is 4.83. The number of hydrogen-bond donors (Lipinski definition) is 0. The minimum Gasteiger partial charge on any atom is -0.485 e. The average molecular weight is 383 g/mol. The van der Waals surface area contributed by atoms with Crippen LogP contribution >= 0.6 is 0 Å². The van der Waals surface area contributed by atoms with Crippen LogP contribution in [0.5, 0.6) is 5.75 Å². The number of hydrogen-bond acceptors (Lipinski definition) is 5. The maximum atomic E-state index is 12.5. The molecule has 7 heteroatoms. The highest BCUT2D eigenvalue weighted by Gasteiger charge is 2.43. The van der Waals surface area contributed by atoms with Crippen LogP contribution in [0.4, 0.5) is 0 Å². The van der Waals surface area contributed by atoms with Gasteiger partial charge in [0.25, 0.3) is 5.91 Å². The molecule has 0 atom stereocenters. The van der Waals surface area contributed by atoms with Crippen LogP contribution in [0.15, 0.2) is 41.1 Å². The van der Waals surface area contributed by atoms with Crippen molar-refractivity contribution in [2.75, 3.05) is 13.6 Å². The van der Waals surface area contributed by atoms with E-state index in [1.807, 2.05) is 29.2 Å². The lowest BCUT2D eigenvalue weighted by Crippen LogP contribution is -2.52. The van der Waals surface area contributed by atoms with E-state index in [4.69, 9.17) is 9.26 Å². The summed E-state index contributed by atoms with van der Waals surface area (Å²) in [6, 6.07) is 9.62. The molecule has 7 nitrogen and oxygen atoms in total. The van der Waals surface area contributed by atoms with E-state index in [-0.39, 0.29) is 23.6 Å². The first-order chi connectivity index (χ1) is 13.5. The standard InChI is InChI=1S/C21H25N3O4/c1-15(25)24-13-16-5-3-4-6-18(16)27-21(14-24)10-7-17(8-11-21)23(2)20(26)19-9-12-22-28-19/h3-6,9,12,17H,7-8,10-11,13-14H2,1-2H3. The monoisotopic (exact) mass is 383 g/mol. The van der Waals surface area contributed by atoms with E-state index >= 15 is 0 Å². The Hall–Kier alpha value is -2.83. The number of aromatic nitrogens is 1. The first-order valence-electron chi connectivity index (χ1n) is 9.68. The molecule has 1 aliphatic carbocycles. The summed E-state index contributed by atoms with van der Waals surface area (Å²) in [4.78, 5) is 28.3. The van der Waals surface area contributed by atoms with E-state index in [1.54, 1.807) is 24.9 Å². The van der Waals surface area contributed by atoms with Crippen LogP contribution in [0.25, 0.3) is 0 Å². The molecular formula is C21H25N3O4. The number of carbonyl (C=O) groups excluding carboxylic acids is 2. The molecule has 1 aromatic carbocycles. The van der Waals surface area contributed by atoms with Gasteiger partial charge in [-0.05, 0) is 31.7 Å². The zero-order chi connectivity index (χ0) is 19.7. The number of amides is 2. The molecule has 0 unspecified atom stereocenters. The highest BCUT2D eigenvalue weighted by molar-refractivity contribution is 5.91. The van der Waals surface area contributed by atoms with Gasteiger partial charge in [0.05, 0.1) is 12.7 Å². The third kappa shape index (κ3) is 3.48. The van der Waals surface area contributed by atoms with Crippen molar-refractivity contribution in [2.45, 2.75) is 50.8 Å². The molecule has 0 radical (unpaired) electrons. The van der Waals surface area contributed by atoms with Gasteiger partial charge in [-0.3, -0.25) is 9.59 Å². The average Bonchev–Trinajstić information content (AvgIpc) is 3.17. The highest BCUT2D eigenvalue weighted by Crippen LogP contribution is 2.39. The molecular weight excluding hydrogens is 358 g/mol. The van der Waals surface area contributed by atoms with Gasteiger partial charge in [-0.2, -0.15) is 0 Å². The molecule has 4 rings (SSSR count). The van der Waals surface area contributed by atoms with Crippen LogP contribution in [0, 0.1) is 0 Å². The van der Waals surface area contributed by atoms with Gasteiger partial charge in [0.2, 0.25) is 11.7 Å². The topological polar surface area (TPSA) is 75.9 Å². The van der Waals surface area contributed by atoms with Crippen LogP contribution in [-0.4, -0.2) is 52.0 Å². The van der Waals surface area contributed by atoms with Crippen LogP contribution in [-0.2, 0) is 11.3 Å². The quantitative estimate of drug-likeness (QED) is 0.797. The second-order valence-electron chi connectivity index (χ2n) is 7.79. The van der Waals surface area contributed by atoms with Crippen molar-refractivity contribution in [3.63, 3.8) is 0 Å². The number of para-hydroxylation sites is 1. The molecule has 1 aliphatic heterocycles. The van der Waals surface area contributed by atoms with E-state index in [1.165, 1.54) is 6.20 Å². The van der Waals surface area contributed by atoms with Crippen molar-refractivity contribution < 1.29 is 18.8 Å². The zero-order valence-electron chi connectivity index (χ0n) is 16.3. The number of nitrogens with zero attached hydrogens (tertiary/aromatic N) is 3. The fourth-order valence-electron chi connectivity index (χ4n) is 4.27. The summed E-state index contributed by atoms with van der Waals surface area (Å²) in [5, 5.41) is 3.62. The fraction of sp³-hybridized carbons (Fsp3) is 0.476. The Morgan fingerprint density at radius 2 is 1.96 bits per heavy atom. The van der Waals surface area contributed by atoms with Gasteiger partial charge in [0, 0.05) is 38.2 Å². The van der Waals surface area contributed by atoms with Crippen molar-refractivity contribution in [1.29, 1.82) is 0 Å². The van der Waals surface area contributed by atoms with E-state index in [2.05, 4.69) is 5.16 Å². The molecule has 0 bridgehead atoms. The van der Waals surface area contributed by atoms with Gasteiger partial charge >= 0.3 is 0 Å². The minimum absolute atomic E-state index is 0.0550. The maximum absolute atomic E-state index is 12.5. The minimum atomic E-state index is -0.412. The van der Waals surface area contributed by atoms with Crippen molar-refractivity contribution in [3.05, 3.63) is 47.9 Å². The lowest BCUT2D eigenvalue weighted by molar-refractivity contribution is -0.132. The third-order valence-electron chi connectivity index (χ3n) is 5.97. The Morgan fingerprint density at radius 1 is 1.21 bits per heavy atom. The summed E-state index contributed by atoms with van der Waals surface area (Å²) in [6.07, 6.45) is 4.66. The van der Waals surface area contributed by atoms with E-state index in [0.29, 0.717) is 13.1 Å². The van der Waals surface area contributed by atoms with Crippen molar-refractivity contribution in [1.82, 2.24) is 15.0 Å². The predicted octanol–water partition coefficient (Wildman–Crippen LogP) is 2.87. The van der Waals surface area contributed by atoms with Crippen LogP contribution in [0.3, 0.4) is 0 Å². The second kappa shape index (κ2) is 7.30. The van der Waals surface area contributed by atoms with Crippen molar-refractivity contribution >= 4 is 11.8 Å². The molecule has 1 spiro atoms. The molecule has 2 amide bonds. The van der Waals surface area contributed by atoms with Gasteiger partial charge in [-0.15, -0.1) is 0 Å². The smallest absolute Gasteiger partial charge is 0.292 e. The van der Waals surface area contributed by atoms with Gasteiger partial charge in [0.1, 0.15) is 11.4 Å². The molecule has 0 saturated heterocycles. The molecule has 2 aromatic rings. The zero-order valence-corrected chi connectivity index (χ0v) is 16.3. The molecule has 1 saturated carbocycles. The Morgan fingerprint density at radius 3 is 2.64 bits per heavy atom. The number of benzene rings is 1. The number of rotatable bonds is 2. The first-order valence-corrected chi connectivity index (χ1v) is 9.68. The highest BCUT2D eigenvalue weighted by atomic mass is 16.5. The summed E-state index contributed by atoms with van der Waals surface area (Å²) in [6.45, 7) is 2.75. The SMILES string of the molecule is CC(=O)N1Cc2ccccc2OC2(CCC(N(C)C(=O)c3ccno3)CC2)C1. The van der Waals surface area contributed by atoms with Gasteiger partial charge < -0.3 is 19.1 Å². The second-order valence-corrected chi connectivity index (χ2v) is 7.79. The van der Waals surface area contributed by atoms with Gasteiger partial charge in [-0.1, -0.05) is 23.4 Å². The number of carbonyl (C=O) groups is 2. The lowest BCUT2D eigenvalue weighted by Gasteiger charge is -2.43. The maximum Gasteiger partial charge on any atom is 0.292 e. The van der Waals surface area contributed by atoms with E-state index in [0.717, 1.165) is 37.0 Å². The molecule has 0 N–H and O–H groups in total. The largest absolute Gasteiger partial charge is 0.485 e.